The molecule has 0 spiro atoms. The summed E-state index contributed by atoms with van der Waals surface area (Å²) in [6, 6.07) is 0. The second kappa shape index (κ2) is 18.5. The Hall–Kier alpha value is -2.04. The smallest absolute Gasteiger partial charge is 0.450 e. The number of carboxylic acids is 1. The van der Waals surface area contributed by atoms with Crippen LogP contribution in [-0.4, -0.2) is 147 Å². The highest BCUT2D eigenvalue weighted by Gasteiger charge is 2.61. The minimum Gasteiger partial charge on any atom is -0.479 e. The molecule has 312 valence electrons. The second-order valence-corrected chi connectivity index (χ2v) is 15.3. The number of esters is 1. The van der Waals surface area contributed by atoms with Crippen LogP contribution in [0.2, 0.25) is 0 Å². The fourth-order valence-corrected chi connectivity index (χ4v) is 8.39. The Labute approximate surface area is 311 Å². The minimum absolute atomic E-state index is 0.0652. The van der Waals surface area contributed by atoms with Crippen LogP contribution in [0, 0.1) is 17.8 Å². The molecule has 8 N–H and O–H groups in total. The molecule has 0 aromatic heterocycles. The molecule has 4 rings (SSSR count). The Morgan fingerprint density at radius 1 is 1.04 bits per heavy atom. The van der Waals surface area contributed by atoms with Gasteiger partial charge in [0.05, 0.1) is 44.6 Å². The molecule has 4 fully saturated rings. The first-order valence-electron chi connectivity index (χ1n) is 18.6. The number of carbonyl (C=O) groups excluding carboxylic acids is 2. The molecule has 0 aromatic carbocycles. The second-order valence-electron chi connectivity index (χ2n) is 15.3. The monoisotopic (exact) mass is 787 g/mol. The summed E-state index contributed by atoms with van der Waals surface area (Å²) in [5.74, 6) is -5.99. The van der Waals surface area contributed by atoms with Gasteiger partial charge < -0.3 is 64.8 Å². The number of aliphatic hydroxyl groups is 5. The fraction of sp³-hybridized carbons (Fsp3) is 0.914. The molecule has 2 saturated carbocycles. The summed E-state index contributed by atoms with van der Waals surface area (Å²) in [6.45, 7) is 1.41. The van der Waals surface area contributed by atoms with Crippen molar-refractivity contribution in [2.24, 2.45) is 23.5 Å². The van der Waals surface area contributed by atoms with Crippen LogP contribution in [0.5, 0.6) is 0 Å². The quantitative estimate of drug-likeness (QED) is 0.113. The number of nitrogens with two attached hydrogens (primary N) is 1. The molecular formula is C35H56F3NO15. The van der Waals surface area contributed by atoms with Crippen LogP contribution in [0.4, 0.5) is 13.2 Å². The van der Waals surface area contributed by atoms with Crippen LogP contribution in [-0.2, 0) is 42.8 Å². The highest BCUT2D eigenvalue weighted by molar-refractivity contribution is 5.85. The third-order valence-corrected chi connectivity index (χ3v) is 11.5. The molecule has 2 heterocycles. The van der Waals surface area contributed by atoms with E-state index in [1.807, 2.05) is 0 Å². The van der Waals surface area contributed by atoms with Crippen molar-refractivity contribution in [1.82, 2.24) is 0 Å². The number of methoxy groups -OCH3 is 1. The van der Waals surface area contributed by atoms with E-state index in [1.54, 1.807) is 6.92 Å². The Morgan fingerprint density at radius 2 is 1.70 bits per heavy atom. The summed E-state index contributed by atoms with van der Waals surface area (Å²) in [5.41, 5.74) is 1.91. The van der Waals surface area contributed by atoms with E-state index in [9.17, 15) is 58.2 Å². The lowest BCUT2D eigenvalue weighted by molar-refractivity contribution is -0.342. The summed E-state index contributed by atoms with van der Waals surface area (Å²) in [5, 5.41) is 63.1. The maximum Gasteiger partial charge on any atom is 0.450 e. The predicted molar refractivity (Wildman–Crippen MR) is 177 cm³/mol. The molecule has 2 aliphatic heterocycles. The molecule has 2 saturated heterocycles. The van der Waals surface area contributed by atoms with Gasteiger partial charge in [-0.1, -0.05) is 45.4 Å². The third kappa shape index (κ3) is 10.1. The van der Waals surface area contributed by atoms with E-state index in [-0.39, 0.29) is 25.2 Å². The zero-order valence-electron chi connectivity index (χ0n) is 30.8. The van der Waals surface area contributed by atoms with Crippen molar-refractivity contribution in [3.05, 3.63) is 0 Å². The van der Waals surface area contributed by atoms with Crippen LogP contribution in [0.3, 0.4) is 0 Å². The number of ketones is 1. The van der Waals surface area contributed by atoms with Crippen molar-refractivity contribution >= 4 is 17.7 Å². The Morgan fingerprint density at radius 3 is 2.26 bits per heavy atom. The summed E-state index contributed by atoms with van der Waals surface area (Å²) < 4.78 is 76.9. The van der Waals surface area contributed by atoms with E-state index >= 15 is 0 Å². The Balaban J connectivity index is 1.75. The first-order valence-corrected chi connectivity index (χ1v) is 18.6. The first-order chi connectivity index (χ1) is 25.3. The Bertz CT molecular complexity index is 1270. The van der Waals surface area contributed by atoms with Gasteiger partial charge in [0.25, 0.3) is 0 Å². The van der Waals surface area contributed by atoms with Gasteiger partial charge in [0.2, 0.25) is 5.78 Å². The number of Topliss-reactive ketones (excluding diaryl/α,β-unsaturated/α-hetero) is 1. The topological polar surface area (TPSA) is 254 Å². The number of rotatable bonds is 15. The third-order valence-electron chi connectivity index (χ3n) is 11.5. The lowest BCUT2D eigenvalue weighted by Gasteiger charge is -2.53. The van der Waals surface area contributed by atoms with Gasteiger partial charge >= 0.3 is 18.1 Å². The van der Waals surface area contributed by atoms with Gasteiger partial charge in [0.1, 0.15) is 35.6 Å². The number of alkyl halides is 3. The fourth-order valence-electron chi connectivity index (χ4n) is 8.39. The number of aliphatic hydroxyl groups excluding tert-OH is 4. The molecule has 0 radical (unpaired) electrons. The lowest BCUT2D eigenvalue weighted by Crippen LogP contribution is -2.74. The van der Waals surface area contributed by atoms with Crippen LogP contribution in [0.25, 0.3) is 0 Å². The highest BCUT2D eigenvalue weighted by Crippen LogP contribution is 2.43. The molecule has 0 bridgehead atoms. The van der Waals surface area contributed by atoms with E-state index in [0.29, 0.717) is 19.3 Å². The van der Waals surface area contributed by atoms with Crippen molar-refractivity contribution in [2.75, 3.05) is 20.3 Å². The van der Waals surface area contributed by atoms with Gasteiger partial charge in [-0.05, 0) is 38.0 Å². The summed E-state index contributed by atoms with van der Waals surface area (Å²) in [7, 11) is 1.17. The highest BCUT2D eigenvalue weighted by atomic mass is 19.4. The number of carbonyl (C=O) groups is 3. The van der Waals surface area contributed by atoms with Crippen LogP contribution >= 0.6 is 0 Å². The number of ether oxygens (including phenoxy) is 6. The molecule has 2 aliphatic carbocycles. The molecule has 19 heteroatoms. The molecule has 0 amide bonds. The van der Waals surface area contributed by atoms with Crippen molar-refractivity contribution in [2.45, 2.75) is 163 Å². The zero-order valence-corrected chi connectivity index (χ0v) is 30.8. The van der Waals surface area contributed by atoms with Crippen LogP contribution in [0.1, 0.15) is 84.5 Å². The van der Waals surface area contributed by atoms with Gasteiger partial charge in [-0.3, -0.25) is 9.59 Å². The van der Waals surface area contributed by atoms with Gasteiger partial charge in [0.15, 0.2) is 18.7 Å². The number of hydrogen-bond acceptors (Lipinski definition) is 15. The SMILES string of the molecule is CCC1CC(C(=O)OC)CC(OC2OC(CO)C(O)C(OC(CC3CCCCC3)C(=O)O)C2(N)CC(=O)C(F)(F)F)C1OC1CC(O)(CO)C(O)C(C)O1. The molecular weight excluding hydrogens is 731 g/mol. The van der Waals surface area contributed by atoms with Crippen molar-refractivity contribution in [3.63, 3.8) is 0 Å². The van der Waals surface area contributed by atoms with Crippen LogP contribution in [0.15, 0.2) is 0 Å². The van der Waals surface area contributed by atoms with Gasteiger partial charge in [-0.15, -0.1) is 0 Å². The lowest BCUT2D eigenvalue weighted by atomic mass is 9.75. The van der Waals surface area contributed by atoms with E-state index in [0.717, 1.165) is 19.3 Å². The van der Waals surface area contributed by atoms with Crippen molar-refractivity contribution in [3.8, 4) is 0 Å². The number of halogens is 3. The maximum absolute atomic E-state index is 13.9. The molecule has 14 unspecified atom stereocenters. The number of aliphatic carboxylic acids is 1. The first kappa shape index (κ1) is 44.7. The van der Waals surface area contributed by atoms with E-state index < -0.39 is 134 Å². The van der Waals surface area contributed by atoms with Gasteiger partial charge in [-0.25, -0.2) is 4.79 Å². The summed E-state index contributed by atoms with van der Waals surface area (Å²) >= 11 is 0. The summed E-state index contributed by atoms with van der Waals surface area (Å²) in [6.07, 6.45) is -18.9. The summed E-state index contributed by atoms with van der Waals surface area (Å²) in [4.78, 5) is 38.1. The number of carboxylic acid groups (broad SMARTS) is 1. The number of hydrogen-bond donors (Lipinski definition) is 7. The van der Waals surface area contributed by atoms with Crippen LogP contribution < -0.4 is 5.73 Å². The maximum atomic E-state index is 13.9. The zero-order chi connectivity index (χ0) is 40.2. The normalized spacial score (nSPS) is 40.2. The Kier molecular flexibility index (Phi) is 15.3. The molecule has 16 nitrogen and oxygen atoms in total. The van der Waals surface area contributed by atoms with E-state index in [4.69, 9.17) is 34.2 Å². The average Bonchev–Trinajstić information content (AvgIpc) is 3.13. The minimum atomic E-state index is -5.43. The average molecular weight is 788 g/mol. The largest absolute Gasteiger partial charge is 0.479 e. The van der Waals surface area contributed by atoms with E-state index in [1.165, 1.54) is 14.0 Å². The van der Waals surface area contributed by atoms with Crippen molar-refractivity contribution < 1.29 is 86.6 Å². The van der Waals surface area contributed by atoms with Gasteiger partial charge in [0, 0.05) is 12.8 Å². The van der Waals surface area contributed by atoms with Crippen molar-refractivity contribution in [1.29, 1.82) is 0 Å². The molecule has 54 heavy (non-hydrogen) atoms. The predicted octanol–water partition coefficient (Wildman–Crippen LogP) is 0.691. The van der Waals surface area contributed by atoms with E-state index in [2.05, 4.69) is 0 Å². The molecule has 4 aliphatic rings. The molecule has 14 atom stereocenters. The molecule has 0 aromatic rings. The standard InChI is InChI=1S/C35H56F3NO15/c1-4-19-11-20(31(47)49-3)12-21(27(19)54-25-14-33(48,16-41)28(44)17(2)50-25)52-32-34(39,13-24(42)35(36,37)38)29(26(43)23(15-40)53-32)51-22(30(45)46)10-18-8-6-5-7-9-18/h17-23,25-29,32,40-41,43-44,48H,4-16,39H2,1-3H3,(H,45,46). The van der Waals surface area contributed by atoms with Gasteiger partial charge in [-0.2, -0.15) is 13.2 Å².